The second-order valence-corrected chi connectivity index (χ2v) is 4.75. The van der Waals surface area contributed by atoms with Crippen LogP contribution in [-0.4, -0.2) is 32.3 Å². The molecule has 1 N–H and O–H groups in total. The Kier molecular flexibility index (Phi) is 2.28. The van der Waals surface area contributed by atoms with Crippen LogP contribution >= 0.6 is 0 Å². The summed E-state index contributed by atoms with van der Waals surface area (Å²) >= 11 is 0. The van der Waals surface area contributed by atoms with Crippen molar-refractivity contribution in [2.24, 2.45) is 0 Å². The maximum atomic E-state index is 5.49. The van der Waals surface area contributed by atoms with Gasteiger partial charge in [-0.15, -0.1) is 0 Å². The van der Waals surface area contributed by atoms with Crippen LogP contribution in [0.3, 0.4) is 0 Å². The van der Waals surface area contributed by atoms with Gasteiger partial charge in [0.1, 0.15) is 0 Å². The highest BCUT2D eigenvalue weighted by atomic mass is 16.5. The molecule has 3 heteroatoms. The first-order valence-corrected chi connectivity index (χ1v) is 5.92. The van der Waals surface area contributed by atoms with Crippen LogP contribution in [0.5, 0.6) is 0 Å². The lowest BCUT2D eigenvalue weighted by molar-refractivity contribution is 0.118. The molecule has 2 aliphatic rings. The van der Waals surface area contributed by atoms with Crippen LogP contribution in [-0.2, 0) is 4.74 Å². The maximum absolute atomic E-state index is 5.49. The van der Waals surface area contributed by atoms with Gasteiger partial charge in [-0.25, -0.2) is 0 Å². The third-order valence-electron chi connectivity index (χ3n) is 3.76. The molecule has 1 aromatic carbocycles. The van der Waals surface area contributed by atoms with Crippen molar-refractivity contribution in [3.8, 4) is 0 Å². The Hall–Kier alpha value is -1.22. The molecular weight excluding hydrogens is 200 g/mol. The first-order valence-electron chi connectivity index (χ1n) is 5.92. The fourth-order valence-corrected chi connectivity index (χ4v) is 2.92. The zero-order valence-corrected chi connectivity index (χ0v) is 9.86. The molecule has 0 spiro atoms. The van der Waals surface area contributed by atoms with Crippen LogP contribution in [0, 0.1) is 6.92 Å². The van der Waals surface area contributed by atoms with Crippen molar-refractivity contribution < 1.29 is 4.74 Å². The molecule has 3 nitrogen and oxygen atoms in total. The van der Waals surface area contributed by atoms with Crippen molar-refractivity contribution in [1.29, 1.82) is 0 Å². The first kappa shape index (κ1) is 9.97. The summed E-state index contributed by atoms with van der Waals surface area (Å²) in [7, 11) is 1.81. The van der Waals surface area contributed by atoms with Gasteiger partial charge in [-0.05, 0) is 25.0 Å². The molecule has 2 heterocycles. The highest BCUT2D eigenvalue weighted by Gasteiger charge is 2.36. The number of rotatable bonds is 1. The van der Waals surface area contributed by atoms with Crippen LogP contribution in [0.2, 0.25) is 0 Å². The summed E-state index contributed by atoms with van der Waals surface area (Å²) in [5.74, 6) is 0. The smallest absolute Gasteiger partial charge is 0.0766 e. The fourth-order valence-electron chi connectivity index (χ4n) is 2.92. The van der Waals surface area contributed by atoms with Gasteiger partial charge in [0, 0.05) is 26.2 Å². The summed E-state index contributed by atoms with van der Waals surface area (Å²) in [6.45, 7) is 4.25. The van der Waals surface area contributed by atoms with Gasteiger partial charge < -0.3 is 15.0 Å². The van der Waals surface area contributed by atoms with E-state index in [1.54, 1.807) is 0 Å². The van der Waals surface area contributed by atoms with Gasteiger partial charge in [-0.2, -0.15) is 0 Å². The van der Waals surface area contributed by atoms with Crippen LogP contribution in [0.25, 0.3) is 0 Å². The highest BCUT2D eigenvalue weighted by Crippen LogP contribution is 2.38. The monoisotopic (exact) mass is 218 g/mol. The Bertz CT molecular complexity index is 405. The summed E-state index contributed by atoms with van der Waals surface area (Å²) in [4.78, 5) is 2.51. The first-order chi connectivity index (χ1) is 7.79. The number of hydrogen-bond donors (Lipinski definition) is 1. The molecule has 2 aliphatic heterocycles. The lowest BCUT2D eigenvalue weighted by Crippen LogP contribution is -2.39. The molecule has 0 amide bonds. The van der Waals surface area contributed by atoms with Gasteiger partial charge in [0.05, 0.1) is 17.5 Å². The van der Waals surface area contributed by atoms with E-state index in [-0.39, 0.29) is 0 Å². The summed E-state index contributed by atoms with van der Waals surface area (Å²) in [6, 6.07) is 7.06. The minimum atomic E-state index is 0.386. The zero-order chi connectivity index (χ0) is 11.1. The number of para-hydroxylation sites is 1. The summed E-state index contributed by atoms with van der Waals surface area (Å²) < 4.78 is 5.49. The van der Waals surface area contributed by atoms with Crippen molar-refractivity contribution in [2.75, 3.05) is 30.4 Å². The molecule has 0 bridgehead atoms. The van der Waals surface area contributed by atoms with E-state index in [1.807, 2.05) is 7.11 Å². The molecular formula is C13H18N2O. The van der Waals surface area contributed by atoms with Crippen LogP contribution in [0.15, 0.2) is 18.2 Å². The van der Waals surface area contributed by atoms with Gasteiger partial charge in [0.25, 0.3) is 0 Å². The number of aryl methyl sites for hydroxylation is 1. The van der Waals surface area contributed by atoms with E-state index in [4.69, 9.17) is 4.74 Å². The Morgan fingerprint density at radius 1 is 1.44 bits per heavy atom. The lowest BCUT2D eigenvalue weighted by Gasteiger charge is -2.35. The van der Waals surface area contributed by atoms with Gasteiger partial charge in [0.2, 0.25) is 0 Å². The van der Waals surface area contributed by atoms with Gasteiger partial charge in [-0.3, -0.25) is 0 Å². The molecule has 1 fully saturated rings. The van der Waals surface area contributed by atoms with E-state index in [9.17, 15) is 0 Å². The van der Waals surface area contributed by atoms with E-state index in [0.717, 1.165) is 19.5 Å². The molecule has 2 unspecified atom stereocenters. The molecule has 0 aliphatic carbocycles. The normalized spacial score (nSPS) is 27.2. The van der Waals surface area contributed by atoms with E-state index in [0.29, 0.717) is 12.1 Å². The van der Waals surface area contributed by atoms with Crippen LogP contribution < -0.4 is 10.2 Å². The van der Waals surface area contributed by atoms with E-state index < -0.39 is 0 Å². The number of anilines is 2. The van der Waals surface area contributed by atoms with E-state index in [1.165, 1.54) is 16.9 Å². The molecule has 1 saturated heterocycles. The zero-order valence-electron chi connectivity index (χ0n) is 9.86. The number of methoxy groups -OCH3 is 1. The third kappa shape index (κ3) is 1.39. The predicted octanol–water partition coefficient (Wildman–Crippen LogP) is 2.01. The minimum Gasteiger partial charge on any atom is -0.381 e. The van der Waals surface area contributed by atoms with Crippen LogP contribution in [0.1, 0.15) is 12.0 Å². The second kappa shape index (κ2) is 3.67. The number of nitrogens with one attached hydrogen (secondary N) is 1. The van der Waals surface area contributed by atoms with Crippen molar-refractivity contribution in [1.82, 2.24) is 0 Å². The predicted molar refractivity (Wildman–Crippen MR) is 66.2 cm³/mol. The molecule has 0 radical (unpaired) electrons. The van der Waals surface area contributed by atoms with E-state index >= 15 is 0 Å². The molecule has 1 aromatic rings. The summed E-state index contributed by atoms with van der Waals surface area (Å²) in [5, 5.41) is 3.52. The molecule has 0 saturated carbocycles. The van der Waals surface area contributed by atoms with Crippen molar-refractivity contribution >= 4 is 11.4 Å². The topological polar surface area (TPSA) is 24.5 Å². The Labute approximate surface area is 96.4 Å². The number of nitrogens with zero attached hydrogens (tertiary/aromatic N) is 1. The Morgan fingerprint density at radius 2 is 2.31 bits per heavy atom. The quantitative estimate of drug-likeness (QED) is 0.780. The number of hydrogen-bond acceptors (Lipinski definition) is 3. The van der Waals surface area contributed by atoms with Crippen molar-refractivity contribution in [3.63, 3.8) is 0 Å². The number of ether oxygens (including phenoxy) is 1. The van der Waals surface area contributed by atoms with Crippen molar-refractivity contribution in [3.05, 3.63) is 23.8 Å². The van der Waals surface area contributed by atoms with Crippen molar-refractivity contribution in [2.45, 2.75) is 25.5 Å². The largest absolute Gasteiger partial charge is 0.381 e. The van der Waals surface area contributed by atoms with Crippen LogP contribution in [0.4, 0.5) is 11.4 Å². The number of fused-ring (bicyclic) bond motifs is 3. The van der Waals surface area contributed by atoms with Gasteiger partial charge >= 0.3 is 0 Å². The Balaban J connectivity index is 1.99. The standard InChI is InChI=1S/C13H18N2O/c1-9-4-3-5-12-13(9)15-8-11(16-2)6-10(15)7-14-12/h3-5,10-11,14H,6-8H2,1-2H3. The molecule has 86 valence electrons. The van der Waals surface area contributed by atoms with E-state index in [2.05, 4.69) is 35.3 Å². The molecule has 3 rings (SSSR count). The lowest BCUT2D eigenvalue weighted by atomic mass is 10.1. The molecule has 16 heavy (non-hydrogen) atoms. The van der Waals surface area contributed by atoms with Gasteiger partial charge in [0.15, 0.2) is 0 Å². The second-order valence-electron chi connectivity index (χ2n) is 4.75. The molecule has 2 atom stereocenters. The highest BCUT2D eigenvalue weighted by molar-refractivity contribution is 5.76. The Morgan fingerprint density at radius 3 is 3.12 bits per heavy atom. The summed E-state index contributed by atoms with van der Waals surface area (Å²) in [6.07, 6.45) is 1.52. The summed E-state index contributed by atoms with van der Waals surface area (Å²) in [5.41, 5.74) is 4.00. The number of benzene rings is 1. The average molecular weight is 218 g/mol. The third-order valence-corrected chi connectivity index (χ3v) is 3.76. The molecule has 0 aromatic heterocycles. The van der Waals surface area contributed by atoms with Gasteiger partial charge in [-0.1, -0.05) is 12.1 Å². The average Bonchev–Trinajstić information content (AvgIpc) is 2.72. The fraction of sp³-hybridized carbons (Fsp3) is 0.538. The minimum absolute atomic E-state index is 0.386. The maximum Gasteiger partial charge on any atom is 0.0766 e. The SMILES string of the molecule is COC1CC2CNc3cccc(C)c3N2C1.